The largest absolute Gasteiger partial charge is 0.508 e. The Morgan fingerprint density at radius 2 is 1.46 bits per heavy atom. The number of phenols is 1. The zero-order valence-electron chi connectivity index (χ0n) is 20.6. The summed E-state index contributed by atoms with van der Waals surface area (Å²) in [7, 11) is 0. The molecule has 3 amide bonds. The highest BCUT2D eigenvalue weighted by atomic mass is 16.4. The number of carboxylic acid groups (broad SMARTS) is 1. The summed E-state index contributed by atoms with van der Waals surface area (Å²) in [5.41, 5.74) is 12.9. The summed E-state index contributed by atoms with van der Waals surface area (Å²) in [6, 6.07) is 12.1. The molecule has 3 unspecified atom stereocenters. The van der Waals surface area contributed by atoms with E-state index in [1.807, 2.05) is 30.3 Å². The molecule has 200 valence electrons. The fourth-order valence-electron chi connectivity index (χ4n) is 3.60. The highest BCUT2D eigenvalue weighted by Crippen LogP contribution is 2.12. The van der Waals surface area contributed by atoms with Crippen molar-refractivity contribution in [1.29, 1.82) is 0 Å². The molecular formula is C26H35N5O6. The molecule has 2 aromatic carbocycles. The van der Waals surface area contributed by atoms with Crippen molar-refractivity contribution >= 4 is 23.7 Å². The molecule has 0 heterocycles. The van der Waals surface area contributed by atoms with Gasteiger partial charge in [-0.1, -0.05) is 42.5 Å². The lowest BCUT2D eigenvalue weighted by molar-refractivity contribution is -0.142. The van der Waals surface area contributed by atoms with E-state index in [0.29, 0.717) is 31.4 Å². The van der Waals surface area contributed by atoms with Gasteiger partial charge < -0.3 is 37.6 Å². The lowest BCUT2D eigenvalue weighted by Gasteiger charge is -2.22. The van der Waals surface area contributed by atoms with E-state index in [9.17, 15) is 29.4 Å². The highest BCUT2D eigenvalue weighted by molar-refractivity contribution is 5.92. The van der Waals surface area contributed by atoms with E-state index >= 15 is 0 Å². The number of unbranched alkanes of at least 4 members (excludes halogenated alkanes) is 1. The lowest BCUT2D eigenvalue weighted by atomic mass is 10.0. The van der Waals surface area contributed by atoms with E-state index in [2.05, 4.69) is 16.0 Å². The number of hydrogen-bond acceptors (Lipinski definition) is 7. The third-order valence-electron chi connectivity index (χ3n) is 5.65. The van der Waals surface area contributed by atoms with Crippen LogP contribution < -0.4 is 27.4 Å². The lowest BCUT2D eigenvalue weighted by Crippen LogP contribution is -2.54. The minimum atomic E-state index is -1.19. The van der Waals surface area contributed by atoms with Crippen molar-refractivity contribution in [3.8, 4) is 5.75 Å². The molecule has 0 saturated heterocycles. The van der Waals surface area contributed by atoms with Crippen molar-refractivity contribution in [2.75, 3.05) is 13.1 Å². The Kier molecular flexibility index (Phi) is 12.0. The van der Waals surface area contributed by atoms with Crippen LogP contribution in [0, 0.1) is 0 Å². The van der Waals surface area contributed by atoms with Crippen LogP contribution >= 0.6 is 0 Å². The molecule has 11 nitrogen and oxygen atoms in total. The summed E-state index contributed by atoms with van der Waals surface area (Å²) in [5, 5.41) is 26.5. The number of amides is 3. The van der Waals surface area contributed by atoms with E-state index < -0.39 is 48.4 Å². The molecule has 3 atom stereocenters. The molecule has 0 aliphatic heterocycles. The van der Waals surface area contributed by atoms with Crippen LogP contribution in [0.15, 0.2) is 54.6 Å². The molecule has 37 heavy (non-hydrogen) atoms. The van der Waals surface area contributed by atoms with Gasteiger partial charge in [0.25, 0.3) is 0 Å². The number of aromatic hydroxyl groups is 1. The van der Waals surface area contributed by atoms with Gasteiger partial charge >= 0.3 is 5.97 Å². The van der Waals surface area contributed by atoms with Crippen LogP contribution in [0.2, 0.25) is 0 Å². The quantitative estimate of drug-likeness (QED) is 0.159. The molecule has 11 heteroatoms. The predicted molar refractivity (Wildman–Crippen MR) is 137 cm³/mol. The number of carbonyl (C=O) groups excluding carboxylic acids is 3. The molecule has 2 rings (SSSR count). The van der Waals surface area contributed by atoms with Crippen molar-refractivity contribution in [3.63, 3.8) is 0 Å². The van der Waals surface area contributed by atoms with E-state index in [4.69, 9.17) is 11.5 Å². The Hall–Kier alpha value is -3.96. The van der Waals surface area contributed by atoms with Crippen LogP contribution in [-0.2, 0) is 32.0 Å². The first-order valence-electron chi connectivity index (χ1n) is 12.1. The van der Waals surface area contributed by atoms with Crippen LogP contribution in [0.25, 0.3) is 0 Å². The predicted octanol–water partition coefficient (Wildman–Crippen LogP) is -0.196. The number of nitrogens with one attached hydrogen (secondary N) is 3. The summed E-state index contributed by atoms with van der Waals surface area (Å²) in [4.78, 5) is 49.5. The number of carboxylic acids is 1. The van der Waals surface area contributed by atoms with Crippen molar-refractivity contribution in [3.05, 3.63) is 65.7 Å². The second-order valence-electron chi connectivity index (χ2n) is 8.69. The van der Waals surface area contributed by atoms with Crippen molar-refractivity contribution in [2.45, 2.75) is 50.2 Å². The summed E-state index contributed by atoms with van der Waals surface area (Å²) < 4.78 is 0. The standard InChI is InChI=1S/C26H35N5O6/c27-13-5-4-8-21(26(36)37)31-25(35)22(15-18-9-11-19(32)12-10-18)30-23(33)16-29-24(34)20(28)14-17-6-2-1-3-7-17/h1-3,6-7,9-12,20-22,32H,4-5,8,13-16,27-28H2,(H,29,34)(H,30,33)(H,31,35)(H,36,37). The van der Waals surface area contributed by atoms with Gasteiger partial charge in [0.15, 0.2) is 0 Å². The second-order valence-corrected chi connectivity index (χ2v) is 8.69. The Morgan fingerprint density at radius 3 is 2.08 bits per heavy atom. The van der Waals surface area contributed by atoms with Crippen molar-refractivity contribution in [2.24, 2.45) is 11.5 Å². The van der Waals surface area contributed by atoms with Gasteiger partial charge in [-0.15, -0.1) is 0 Å². The van der Waals surface area contributed by atoms with Crippen LogP contribution in [0.3, 0.4) is 0 Å². The first-order chi connectivity index (χ1) is 17.7. The van der Waals surface area contributed by atoms with Crippen LogP contribution in [0.1, 0.15) is 30.4 Å². The molecule has 0 spiro atoms. The first-order valence-corrected chi connectivity index (χ1v) is 12.1. The monoisotopic (exact) mass is 513 g/mol. The third-order valence-corrected chi connectivity index (χ3v) is 5.65. The molecule has 0 bridgehead atoms. The van der Waals surface area contributed by atoms with Gasteiger partial charge in [0.05, 0.1) is 12.6 Å². The molecule has 0 aliphatic rings. The summed E-state index contributed by atoms with van der Waals surface area (Å²) in [6.07, 6.45) is 1.64. The fourth-order valence-corrected chi connectivity index (χ4v) is 3.60. The second kappa shape index (κ2) is 15.2. The maximum Gasteiger partial charge on any atom is 0.326 e. The molecule has 0 aromatic heterocycles. The molecule has 2 aromatic rings. The molecule has 0 radical (unpaired) electrons. The zero-order chi connectivity index (χ0) is 27.2. The summed E-state index contributed by atoms with van der Waals surface area (Å²) >= 11 is 0. The van der Waals surface area contributed by atoms with Gasteiger partial charge in [-0.2, -0.15) is 0 Å². The van der Waals surface area contributed by atoms with E-state index in [1.165, 1.54) is 12.1 Å². The van der Waals surface area contributed by atoms with Gasteiger partial charge in [-0.05, 0) is 55.5 Å². The molecule has 0 fully saturated rings. The molecule has 0 aliphatic carbocycles. The van der Waals surface area contributed by atoms with Crippen molar-refractivity contribution < 1.29 is 29.4 Å². The number of phenolic OH excluding ortho intramolecular Hbond substituents is 1. The zero-order valence-corrected chi connectivity index (χ0v) is 20.6. The maximum atomic E-state index is 13.0. The minimum absolute atomic E-state index is 0.0362. The molecule has 9 N–H and O–H groups in total. The number of carbonyl (C=O) groups is 4. The number of hydrogen-bond donors (Lipinski definition) is 7. The maximum absolute atomic E-state index is 13.0. The third kappa shape index (κ3) is 10.7. The number of nitrogens with two attached hydrogens (primary N) is 2. The molecular weight excluding hydrogens is 478 g/mol. The average molecular weight is 514 g/mol. The molecule has 0 saturated carbocycles. The van der Waals surface area contributed by atoms with Gasteiger partial charge in [0.1, 0.15) is 17.8 Å². The van der Waals surface area contributed by atoms with Gasteiger partial charge in [0.2, 0.25) is 17.7 Å². The van der Waals surface area contributed by atoms with Gasteiger partial charge in [-0.3, -0.25) is 14.4 Å². The Balaban J connectivity index is 2.01. The topological polar surface area (TPSA) is 197 Å². The van der Waals surface area contributed by atoms with Crippen LogP contribution in [0.5, 0.6) is 5.75 Å². The Morgan fingerprint density at radius 1 is 0.811 bits per heavy atom. The number of benzene rings is 2. The van der Waals surface area contributed by atoms with Gasteiger partial charge in [0, 0.05) is 6.42 Å². The fraction of sp³-hybridized carbons (Fsp3) is 0.385. The SMILES string of the molecule is NCCCCC(NC(=O)C(Cc1ccc(O)cc1)NC(=O)CNC(=O)C(N)Cc1ccccc1)C(=O)O. The van der Waals surface area contributed by atoms with Crippen LogP contribution in [-0.4, -0.2) is 65.1 Å². The summed E-state index contributed by atoms with van der Waals surface area (Å²) in [6.45, 7) is -0.0138. The first kappa shape index (κ1) is 29.3. The van der Waals surface area contributed by atoms with Gasteiger partial charge in [-0.25, -0.2) is 4.79 Å². The highest BCUT2D eigenvalue weighted by Gasteiger charge is 2.27. The van der Waals surface area contributed by atoms with E-state index in [1.54, 1.807) is 12.1 Å². The Bertz CT molecular complexity index is 1030. The average Bonchev–Trinajstić information content (AvgIpc) is 2.88. The number of rotatable bonds is 15. The summed E-state index contributed by atoms with van der Waals surface area (Å²) in [5.74, 6) is -3.01. The Labute approximate surface area is 215 Å². The smallest absolute Gasteiger partial charge is 0.326 e. The van der Waals surface area contributed by atoms with E-state index in [0.717, 1.165) is 5.56 Å². The normalized spacial score (nSPS) is 13.1. The minimum Gasteiger partial charge on any atom is -0.508 e. The number of aliphatic carboxylic acids is 1. The van der Waals surface area contributed by atoms with E-state index in [-0.39, 0.29) is 18.6 Å². The van der Waals surface area contributed by atoms with Crippen molar-refractivity contribution in [1.82, 2.24) is 16.0 Å². The van der Waals surface area contributed by atoms with Crippen LogP contribution in [0.4, 0.5) is 0 Å².